The molecule has 2 atom stereocenters. The fraction of sp³-hybridized carbons (Fsp3) is 0.688. The van der Waals surface area contributed by atoms with E-state index in [9.17, 15) is 0 Å². The molecular formula is C16H28N2O. The van der Waals surface area contributed by atoms with E-state index in [0.717, 1.165) is 19.4 Å². The molecule has 0 aliphatic heterocycles. The highest BCUT2D eigenvalue weighted by atomic mass is 16.5. The lowest BCUT2D eigenvalue weighted by atomic mass is 9.82. The Labute approximate surface area is 117 Å². The molecular weight excluding hydrogens is 236 g/mol. The molecule has 0 saturated heterocycles. The Bertz CT molecular complexity index is 346. The number of rotatable bonds is 7. The first kappa shape index (κ1) is 16.1. The minimum absolute atomic E-state index is 0.118. The van der Waals surface area contributed by atoms with Crippen LogP contribution in [-0.4, -0.2) is 30.8 Å². The molecule has 0 bridgehead atoms. The molecule has 3 heteroatoms. The van der Waals surface area contributed by atoms with Crippen molar-refractivity contribution in [3.05, 3.63) is 30.1 Å². The molecule has 0 aliphatic carbocycles. The van der Waals surface area contributed by atoms with Crippen molar-refractivity contribution in [2.45, 2.75) is 52.7 Å². The van der Waals surface area contributed by atoms with Gasteiger partial charge in [0, 0.05) is 25.5 Å². The zero-order valence-corrected chi connectivity index (χ0v) is 12.9. The standard InChI is InChI=1S/C16H28N2O/c1-6-9-18-14(15(19-5)16(2,3)4)12-13-7-10-17-11-8-13/h7-8,10-11,14-15,18H,6,9,12H2,1-5H3. The van der Waals surface area contributed by atoms with Gasteiger partial charge in [-0.25, -0.2) is 0 Å². The van der Waals surface area contributed by atoms with Crippen LogP contribution in [-0.2, 0) is 11.2 Å². The molecule has 0 radical (unpaired) electrons. The zero-order chi connectivity index (χ0) is 14.3. The third kappa shape index (κ3) is 5.29. The summed E-state index contributed by atoms with van der Waals surface area (Å²) < 4.78 is 5.77. The SMILES string of the molecule is CCCNC(Cc1ccncc1)C(OC)C(C)(C)C. The van der Waals surface area contributed by atoms with Gasteiger partial charge in [0.15, 0.2) is 0 Å². The summed E-state index contributed by atoms with van der Waals surface area (Å²) in [5.41, 5.74) is 1.42. The second-order valence-corrected chi connectivity index (χ2v) is 6.14. The molecule has 3 nitrogen and oxygen atoms in total. The Morgan fingerprint density at radius 1 is 1.26 bits per heavy atom. The number of methoxy groups -OCH3 is 1. The van der Waals surface area contributed by atoms with Gasteiger partial charge in [0.25, 0.3) is 0 Å². The van der Waals surface area contributed by atoms with Crippen LogP contribution < -0.4 is 5.32 Å². The van der Waals surface area contributed by atoms with Crippen molar-refractivity contribution in [1.82, 2.24) is 10.3 Å². The summed E-state index contributed by atoms with van der Waals surface area (Å²) in [6, 6.07) is 4.48. The number of nitrogens with zero attached hydrogens (tertiary/aromatic N) is 1. The summed E-state index contributed by atoms with van der Waals surface area (Å²) in [5, 5.41) is 3.63. The van der Waals surface area contributed by atoms with Gasteiger partial charge in [-0.2, -0.15) is 0 Å². The second kappa shape index (κ2) is 7.61. The van der Waals surface area contributed by atoms with E-state index in [-0.39, 0.29) is 11.5 Å². The zero-order valence-electron chi connectivity index (χ0n) is 12.9. The Kier molecular flexibility index (Phi) is 6.46. The van der Waals surface area contributed by atoms with E-state index in [1.54, 1.807) is 0 Å². The van der Waals surface area contributed by atoms with Gasteiger partial charge in [0.1, 0.15) is 0 Å². The summed E-state index contributed by atoms with van der Waals surface area (Å²) in [6.07, 6.45) is 5.99. The minimum atomic E-state index is 0.118. The summed E-state index contributed by atoms with van der Waals surface area (Å²) in [5.74, 6) is 0. The lowest BCUT2D eigenvalue weighted by molar-refractivity contribution is -0.0109. The van der Waals surface area contributed by atoms with Crippen LogP contribution in [0.4, 0.5) is 0 Å². The number of pyridine rings is 1. The van der Waals surface area contributed by atoms with Gasteiger partial charge >= 0.3 is 0 Å². The quantitative estimate of drug-likeness (QED) is 0.822. The van der Waals surface area contributed by atoms with Crippen LogP contribution in [0.1, 0.15) is 39.7 Å². The third-order valence-corrected chi connectivity index (χ3v) is 3.33. The Balaban J connectivity index is 2.81. The van der Waals surface area contributed by atoms with E-state index >= 15 is 0 Å². The van der Waals surface area contributed by atoms with Crippen LogP contribution in [0, 0.1) is 5.41 Å². The van der Waals surface area contributed by atoms with Crippen molar-refractivity contribution < 1.29 is 4.74 Å². The molecule has 0 spiro atoms. The smallest absolute Gasteiger partial charge is 0.0775 e. The van der Waals surface area contributed by atoms with Gasteiger partial charge in [-0.1, -0.05) is 27.7 Å². The summed E-state index contributed by atoms with van der Waals surface area (Å²) >= 11 is 0. The van der Waals surface area contributed by atoms with Crippen LogP contribution in [0.5, 0.6) is 0 Å². The van der Waals surface area contributed by atoms with Crippen molar-refractivity contribution >= 4 is 0 Å². The molecule has 19 heavy (non-hydrogen) atoms. The van der Waals surface area contributed by atoms with E-state index in [1.807, 2.05) is 19.5 Å². The highest BCUT2D eigenvalue weighted by Crippen LogP contribution is 2.26. The Hall–Kier alpha value is -0.930. The van der Waals surface area contributed by atoms with E-state index in [4.69, 9.17) is 4.74 Å². The van der Waals surface area contributed by atoms with E-state index in [1.165, 1.54) is 5.56 Å². The molecule has 108 valence electrons. The average molecular weight is 264 g/mol. The van der Waals surface area contributed by atoms with Gasteiger partial charge < -0.3 is 10.1 Å². The number of nitrogens with one attached hydrogen (secondary N) is 1. The molecule has 1 rings (SSSR count). The molecule has 0 saturated carbocycles. The lowest BCUT2D eigenvalue weighted by Gasteiger charge is -2.36. The summed E-state index contributed by atoms with van der Waals surface area (Å²) in [7, 11) is 1.81. The minimum Gasteiger partial charge on any atom is -0.379 e. The van der Waals surface area contributed by atoms with Crippen LogP contribution in [0.25, 0.3) is 0 Å². The predicted octanol–water partition coefficient (Wildman–Crippen LogP) is 3.05. The van der Waals surface area contributed by atoms with Gasteiger partial charge in [0.2, 0.25) is 0 Å². The Morgan fingerprint density at radius 2 is 1.89 bits per heavy atom. The Morgan fingerprint density at radius 3 is 2.37 bits per heavy atom. The first-order chi connectivity index (χ1) is 8.99. The normalized spacial score (nSPS) is 15.2. The number of hydrogen-bond donors (Lipinski definition) is 1. The summed E-state index contributed by atoms with van der Waals surface area (Å²) in [4.78, 5) is 4.08. The van der Waals surface area contributed by atoms with Crippen LogP contribution in [0.3, 0.4) is 0 Å². The van der Waals surface area contributed by atoms with Crippen molar-refractivity contribution in [2.24, 2.45) is 5.41 Å². The maximum Gasteiger partial charge on any atom is 0.0775 e. The summed E-state index contributed by atoms with van der Waals surface area (Å²) in [6.45, 7) is 9.90. The molecule has 1 N–H and O–H groups in total. The lowest BCUT2D eigenvalue weighted by Crippen LogP contribution is -2.49. The molecule has 1 aromatic rings. The van der Waals surface area contributed by atoms with Crippen LogP contribution >= 0.6 is 0 Å². The molecule has 0 aliphatic rings. The number of ether oxygens (including phenoxy) is 1. The third-order valence-electron chi connectivity index (χ3n) is 3.33. The predicted molar refractivity (Wildman–Crippen MR) is 80.3 cm³/mol. The first-order valence-corrected chi connectivity index (χ1v) is 7.14. The second-order valence-electron chi connectivity index (χ2n) is 6.14. The van der Waals surface area contributed by atoms with Crippen molar-refractivity contribution in [3.63, 3.8) is 0 Å². The van der Waals surface area contributed by atoms with Gasteiger partial charge in [-0.3, -0.25) is 4.98 Å². The molecule has 0 aromatic carbocycles. The molecule has 0 amide bonds. The molecule has 2 unspecified atom stereocenters. The largest absolute Gasteiger partial charge is 0.379 e. The fourth-order valence-corrected chi connectivity index (χ4v) is 2.51. The topological polar surface area (TPSA) is 34.2 Å². The van der Waals surface area contributed by atoms with E-state index < -0.39 is 0 Å². The van der Waals surface area contributed by atoms with Crippen molar-refractivity contribution in [2.75, 3.05) is 13.7 Å². The highest BCUT2D eigenvalue weighted by molar-refractivity contribution is 5.12. The monoisotopic (exact) mass is 264 g/mol. The highest BCUT2D eigenvalue weighted by Gasteiger charge is 2.32. The van der Waals surface area contributed by atoms with E-state index in [2.05, 4.69) is 50.1 Å². The van der Waals surface area contributed by atoms with Crippen LogP contribution in [0.15, 0.2) is 24.5 Å². The van der Waals surface area contributed by atoms with Crippen molar-refractivity contribution in [1.29, 1.82) is 0 Å². The average Bonchev–Trinajstić information content (AvgIpc) is 2.36. The van der Waals surface area contributed by atoms with Gasteiger partial charge in [-0.05, 0) is 42.5 Å². The first-order valence-electron chi connectivity index (χ1n) is 7.14. The molecule has 0 fully saturated rings. The fourth-order valence-electron chi connectivity index (χ4n) is 2.51. The number of aromatic nitrogens is 1. The van der Waals surface area contributed by atoms with E-state index in [0.29, 0.717) is 6.04 Å². The maximum absolute atomic E-state index is 5.77. The maximum atomic E-state index is 5.77. The molecule has 1 aromatic heterocycles. The van der Waals surface area contributed by atoms with Gasteiger partial charge in [0.05, 0.1) is 6.10 Å². The van der Waals surface area contributed by atoms with Gasteiger partial charge in [-0.15, -0.1) is 0 Å². The number of hydrogen-bond acceptors (Lipinski definition) is 3. The van der Waals surface area contributed by atoms with Crippen LogP contribution in [0.2, 0.25) is 0 Å². The van der Waals surface area contributed by atoms with Crippen molar-refractivity contribution in [3.8, 4) is 0 Å². The molecule has 1 heterocycles.